The molecule has 0 N–H and O–H groups in total. The number of hydrogen-bond donors (Lipinski definition) is 0. The van der Waals surface area contributed by atoms with E-state index in [-0.39, 0.29) is 23.9 Å². The molecular weight excluding hydrogens is 388 g/mol. The molecule has 0 aliphatic carbocycles. The second-order valence-electron chi connectivity index (χ2n) is 6.03. The Bertz CT molecular complexity index is 967. The van der Waals surface area contributed by atoms with Gasteiger partial charge in [0, 0.05) is 18.0 Å². The van der Waals surface area contributed by atoms with Crippen molar-refractivity contribution >= 4 is 11.6 Å². The van der Waals surface area contributed by atoms with Crippen LogP contribution in [-0.4, -0.2) is 27.8 Å². The molecule has 0 atom stereocenters. The molecule has 0 amide bonds. The number of aromatic nitrogens is 3. The number of aryl methyl sites for hydroxylation is 2. The Morgan fingerprint density at radius 3 is 2.71 bits per heavy atom. The van der Waals surface area contributed by atoms with Gasteiger partial charge in [-0.1, -0.05) is 24.3 Å². The van der Waals surface area contributed by atoms with Crippen molar-refractivity contribution in [2.75, 3.05) is 13.3 Å². The number of rotatable bonds is 8. The predicted octanol–water partition coefficient (Wildman–Crippen LogP) is 4.27. The summed E-state index contributed by atoms with van der Waals surface area (Å²) in [5.74, 6) is -0.510. The normalized spacial score (nSPS) is 11.8. The summed E-state index contributed by atoms with van der Waals surface area (Å²) >= 11 is 6.16. The van der Waals surface area contributed by atoms with Gasteiger partial charge in [-0.25, -0.2) is 8.78 Å². The Morgan fingerprint density at radius 2 is 2.07 bits per heavy atom. The average molecular weight is 408 g/mol. The van der Waals surface area contributed by atoms with E-state index in [1.807, 2.05) is 6.92 Å². The summed E-state index contributed by atoms with van der Waals surface area (Å²) in [7, 11) is 0. The molecule has 0 fully saturated rings. The van der Waals surface area contributed by atoms with Crippen molar-refractivity contribution in [2.24, 2.45) is 0 Å². The third-order valence-electron chi connectivity index (χ3n) is 3.73. The number of ether oxygens (including phenoxy) is 1. The molecule has 2 aromatic rings. The van der Waals surface area contributed by atoms with Crippen LogP contribution in [0, 0.1) is 13.8 Å². The highest BCUT2D eigenvalue weighted by atomic mass is 35.5. The maximum Gasteiger partial charge on any atom is 0.273 e. The van der Waals surface area contributed by atoms with Crippen molar-refractivity contribution in [3.8, 4) is 5.75 Å². The van der Waals surface area contributed by atoms with Crippen LogP contribution in [0.2, 0.25) is 5.02 Å². The second kappa shape index (κ2) is 9.94. The van der Waals surface area contributed by atoms with Crippen LogP contribution in [0.4, 0.5) is 8.78 Å². The van der Waals surface area contributed by atoms with Crippen molar-refractivity contribution in [2.45, 2.75) is 20.4 Å². The highest BCUT2D eigenvalue weighted by Crippen LogP contribution is 2.22. The number of allylic oxidation sites excluding steroid dienone is 3. The molecule has 0 aromatic carbocycles. The van der Waals surface area contributed by atoms with E-state index in [4.69, 9.17) is 16.3 Å². The number of alkyl halides is 1. The van der Waals surface area contributed by atoms with Crippen molar-refractivity contribution in [3.05, 3.63) is 87.1 Å². The summed E-state index contributed by atoms with van der Waals surface area (Å²) < 4.78 is 32.1. The third-order valence-corrected chi connectivity index (χ3v) is 4.08. The van der Waals surface area contributed by atoms with Gasteiger partial charge in [-0.05, 0) is 31.6 Å². The Hall–Kier alpha value is -2.80. The topological polar surface area (TPSA) is 57.0 Å². The first-order valence-corrected chi connectivity index (χ1v) is 8.77. The first-order chi connectivity index (χ1) is 13.3. The summed E-state index contributed by atoms with van der Waals surface area (Å²) in [4.78, 5) is 21.0. The molecule has 0 radical (unpaired) electrons. The molecule has 5 nitrogen and oxygen atoms in total. The molecule has 2 heterocycles. The maximum atomic E-state index is 13.1. The Kier molecular flexibility index (Phi) is 7.63. The van der Waals surface area contributed by atoms with Gasteiger partial charge >= 0.3 is 0 Å². The van der Waals surface area contributed by atoms with E-state index in [2.05, 4.69) is 16.5 Å². The van der Waals surface area contributed by atoms with Crippen LogP contribution in [0.15, 0.2) is 59.5 Å². The van der Waals surface area contributed by atoms with E-state index in [0.717, 1.165) is 17.8 Å². The molecule has 2 aromatic heterocycles. The van der Waals surface area contributed by atoms with Crippen molar-refractivity contribution in [1.29, 1.82) is 0 Å². The fourth-order valence-corrected chi connectivity index (χ4v) is 2.45. The van der Waals surface area contributed by atoms with Gasteiger partial charge in [0.05, 0.1) is 24.1 Å². The summed E-state index contributed by atoms with van der Waals surface area (Å²) in [5, 5.41) is -0.0778. The quantitative estimate of drug-likeness (QED) is 0.613. The van der Waals surface area contributed by atoms with Gasteiger partial charge in [0.25, 0.3) is 5.56 Å². The number of halogens is 3. The van der Waals surface area contributed by atoms with E-state index in [0.29, 0.717) is 17.0 Å². The maximum absolute atomic E-state index is 13.1. The van der Waals surface area contributed by atoms with Crippen LogP contribution in [-0.2, 0) is 6.54 Å². The van der Waals surface area contributed by atoms with Crippen LogP contribution in [0.25, 0.3) is 0 Å². The van der Waals surface area contributed by atoms with Gasteiger partial charge in [-0.15, -0.1) is 0 Å². The fraction of sp³-hybridized carbons (Fsp3) is 0.250. The third kappa shape index (κ3) is 5.85. The predicted molar refractivity (Wildman–Crippen MR) is 105 cm³/mol. The van der Waals surface area contributed by atoms with Crippen LogP contribution in [0.1, 0.15) is 17.1 Å². The molecule has 148 valence electrons. The van der Waals surface area contributed by atoms with E-state index in [1.54, 1.807) is 25.4 Å². The van der Waals surface area contributed by atoms with Gasteiger partial charge in [-0.2, -0.15) is 0 Å². The molecular formula is C20H20ClF2N3O2. The smallest absolute Gasteiger partial charge is 0.273 e. The molecule has 0 saturated carbocycles. The molecule has 0 spiro atoms. The van der Waals surface area contributed by atoms with Crippen LogP contribution in [0.3, 0.4) is 0 Å². The van der Waals surface area contributed by atoms with E-state index < -0.39 is 18.1 Å². The lowest BCUT2D eigenvalue weighted by Gasteiger charge is -2.14. The SMILES string of the molecule is C=C(/C=C\C(F)=C/CF)COc1cc(C)n(Cc2cnc(C)cn2)c(=O)c1Cl. The van der Waals surface area contributed by atoms with Gasteiger partial charge in [-0.3, -0.25) is 14.8 Å². The Morgan fingerprint density at radius 1 is 1.32 bits per heavy atom. The van der Waals surface area contributed by atoms with Gasteiger partial charge in [0.2, 0.25) is 0 Å². The minimum absolute atomic E-state index is 0.00848. The van der Waals surface area contributed by atoms with Crippen molar-refractivity contribution in [1.82, 2.24) is 14.5 Å². The molecule has 28 heavy (non-hydrogen) atoms. The molecule has 0 aliphatic rings. The highest BCUT2D eigenvalue weighted by Gasteiger charge is 2.13. The van der Waals surface area contributed by atoms with Gasteiger partial charge < -0.3 is 9.30 Å². The second-order valence-corrected chi connectivity index (χ2v) is 6.41. The zero-order chi connectivity index (χ0) is 20.7. The summed E-state index contributed by atoms with van der Waals surface area (Å²) in [5.41, 5.74) is 2.04. The number of nitrogens with zero attached hydrogens (tertiary/aromatic N) is 3. The molecule has 0 unspecified atom stereocenters. The van der Waals surface area contributed by atoms with Crippen molar-refractivity contribution < 1.29 is 13.5 Å². The van der Waals surface area contributed by atoms with E-state index in [9.17, 15) is 13.6 Å². The van der Waals surface area contributed by atoms with Crippen molar-refractivity contribution in [3.63, 3.8) is 0 Å². The van der Waals surface area contributed by atoms with Crippen LogP contribution in [0.5, 0.6) is 5.75 Å². The standard InChI is InChI=1S/C20H20ClF2N3O2/c1-13(4-5-16(23)6-7-22)12-28-18-8-15(3)26(20(27)19(18)21)11-17-10-24-14(2)9-25-17/h4-6,8-10H,1,7,11-12H2,2-3H3/b5-4-,16-6+. The van der Waals surface area contributed by atoms with Crippen LogP contribution < -0.4 is 10.3 Å². The zero-order valence-corrected chi connectivity index (χ0v) is 16.3. The molecule has 2 rings (SSSR count). The van der Waals surface area contributed by atoms with Crippen LogP contribution >= 0.6 is 11.6 Å². The average Bonchev–Trinajstić information content (AvgIpc) is 2.67. The molecule has 0 saturated heterocycles. The largest absolute Gasteiger partial charge is 0.487 e. The molecule has 8 heteroatoms. The summed E-state index contributed by atoms with van der Waals surface area (Å²) in [6.45, 7) is 6.62. The number of pyridine rings is 1. The van der Waals surface area contributed by atoms with E-state index >= 15 is 0 Å². The highest BCUT2D eigenvalue weighted by molar-refractivity contribution is 6.31. The lowest BCUT2D eigenvalue weighted by Crippen LogP contribution is -2.24. The monoisotopic (exact) mass is 407 g/mol. The van der Waals surface area contributed by atoms with Gasteiger partial charge in [0.1, 0.15) is 29.9 Å². The zero-order valence-electron chi connectivity index (χ0n) is 15.6. The van der Waals surface area contributed by atoms with E-state index in [1.165, 1.54) is 10.6 Å². The molecule has 0 bridgehead atoms. The lowest BCUT2D eigenvalue weighted by atomic mass is 10.2. The Balaban J connectivity index is 2.13. The minimum atomic E-state index is -0.890. The summed E-state index contributed by atoms with van der Waals surface area (Å²) in [6, 6.07) is 1.63. The number of hydrogen-bond acceptors (Lipinski definition) is 4. The fourth-order valence-electron chi connectivity index (χ4n) is 2.24. The first-order valence-electron chi connectivity index (χ1n) is 8.39. The minimum Gasteiger partial charge on any atom is -0.487 e. The summed E-state index contributed by atoms with van der Waals surface area (Å²) in [6.07, 6.45) is 6.47. The first kappa shape index (κ1) is 21.5. The lowest BCUT2D eigenvalue weighted by molar-refractivity contribution is 0.354. The Labute approximate surface area is 166 Å². The molecule has 0 aliphatic heterocycles. The van der Waals surface area contributed by atoms with Gasteiger partial charge in [0.15, 0.2) is 0 Å².